The molecular formula is C49H87N3O8. The molecule has 346 valence electrons. The minimum atomic E-state index is -1.75. The molecule has 5 N–H and O–H groups in total. The highest BCUT2D eigenvalue weighted by molar-refractivity contribution is 5.95. The highest BCUT2D eigenvalue weighted by atomic mass is 16.6. The summed E-state index contributed by atoms with van der Waals surface area (Å²) in [4.78, 5) is 44.0. The summed E-state index contributed by atoms with van der Waals surface area (Å²) in [5, 5.41) is 32.9. The van der Waals surface area contributed by atoms with E-state index in [1.807, 2.05) is 6.07 Å². The van der Waals surface area contributed by atoms with Gasteiger partial charge in [-0.1, -0.05) is 205 Å². The minimum Gasteiger partial charge on any atom is -0.444 e. The molecule has 0 aliphatic carbocycles. The fraction of sp³-hybridized carbons (Fsp3) is 0.816. The van der Waals surface area contributed by atoms with Gasteiger partial charge in [0.15, 0.2) is 6.23 Å². The van der Waals surface area contributed by atoms with E-state index in [0.717, 1.165) is 43.4 Å². The van der Waals surface area contributed by atoms with Gasteiger partial charge in [-0.3, -0.25) is 9.59 Å². The molecule has 1 heterocycles. The van der Waals surface area contributed by atoms with Crippen LogP contribution in [0.15, 0.2) is 30.3 Å². The molecule has 3 amide bonds. The van der Waals surface area contributed by atoms with E-state index in [0.29, 0.717) is 18.4 Å². The van der Waals surface area contributed by atoms with Crippen LogP contribution >= 0.6 is 0 Å². The van der Waals surface area contributed by atoms with Crippen molar-refractivity contribution >= 4 is 17.9 Å². The largest absolute Gasteiger partial charge is 0.444 e. The fourth-order valence-corrected chi connectivity index (χ4v) is 8.29. The summed E-state index contributed by atoms with van der Waals surface area (Å²) in [6.07, 6.45) is 25.1. The van der Waals surface area contributed by atoms with Gasteiger partial charge in [0.25, 0.3) is 0 Å². The van der Waals surface area contributed by atoms with Crippen molar-refractivity contribution < 1.29 is 39.2 Å². The lowest BCUT2D eigenvalue weighted by Gasteiger charge is -2.49. The molecule has 1 aliphatic heterocycles. The van der Waals surface area contributed by atoms with Gasteiger partial charge in [-0.05, 0) is 25.3 Å². The predicted octanol–water partition coefficient (Wildman–Crippen LogP) is 10.1. The summed E-state index contributed by atoms with van der Waals surface area (Å²) < 4.78 is 11.8. The number of nitrogens with zero attached hydrogens (tertiary/aromatic N) is 2. The molecule has 6 atom stereocenters. The SMILES string of the molecule is CCCCCCCCCCCCCCCCCC(=O)N(CCCCCCCCCCCCCC)[C@@H]1O[C@H](CO)[C@@H](O)[C@H](O)[C@H]1N(C(=O)OCc1ccccc1)C(=O)[C@@H](C)N. The Bertz CT molecular complexity index is 1240. The Morgan fingerprint density at radius 3 is 1.53 bits per heavy atom. The van der Waals surface area contributed by atoms with E-state index in [1.54, 1.807) is 24.3 Å². The fourth-order valence-electron chi connectivity index (χ4n) is 8.29. The molecule has 0 radical (unpaired) electrons. The molecule has 0 saturated carbocycles. The number of nitrogens with two attached hydrogens (primary N) is 1. The number of hydrogen-bond acceptors (Lipinski definition) is 9. The number of aliphatic hydroxyl groups excluding tert-OH is 3. The first-order valence-electron chi connectivity index (χ1n) is 24.4. The first kappa shape index (κ1) is 53.6. The zero-order chi connectivity index (χ0) is 43.8. The highest BCUT2D eigenvalue weighted by Crippen LogP contribution is 2.30. The Hall–Kier alpha value is -2.57. The number of aliphatic hydroxyl groups is 3. The lowest BCUT2D eigenvalue weighted by molar-refractivity contribution is -0.244. The second-order valence-electron chi connectivity index (χ2n) is 17.4. The summed E-state index contributed by atoms with van der Waals surface area (Å²) in [5.74, 6) is -1.07. The van der Waals surface area contributed by atoms with Crippen molar-refractivity contribution in [1.29, 1.82) is 0 Å². The van der Waals surface area contributed by atoms with Crippen molar-refractivity contribution in [1.82, 2.24) is 9.80 Å². The predicted molar refractivity (Wildman–Crippen MR) is 241 cm³/mol. The number of ether oxygens (including phenoxy) is 2. The smallest absolute Gasteiger partial charge is 0.417 e. The zero-order valence-corrected chi connectivity index (χ0v) is 38.1. The van der Waals surface area contributed by atoms with Gasteiger partial charge in [0.05, 0.1) is 12.6 Å². The van der Waals surface area contributed by atoms with Crippen LogP contribution in [0.3, 0.4) is 0 Å². The number of rotatable bonds is 35. The van der Waals surface area contributed by atoms with Crippen molar-refractivity contribution in [3.05, 3.63) is 35.9 Å². The lowest BCUT2D eigenvalue weighted by Crippen LogP contribution is -2.71. The molecule has 1 aliphatic rings. The van der Waals surface area contributed by atoms with Crippen LogP contribution in [-0.4, -0.2) is 92.8 Å². The Morgan fingerprint density at radius 1 is 0.667 bits per heavy atom. The Kier molecular flexibility index (Phi) is 30.3. The van der Waals surface area contributed by atoms with Gasteiger partial charge in [-0.2, -0.15) is 0 Å². The van der Waals surface area contributed by atoms with Crippen LogP contribution in [0.25, 0.3) is 0 Å². The summed E-state index contributed by atoms with van der Waals surface area (Å²) in [5.41, 5.74) is 6.74. The highest BCUT2D eigenvalue weighted by Gasteiger charge is 2.53. The van der Waals surface area contributed by atoms with E-state index < -0.39 is 55.2 Å². The molecule has 1 saturated heterocycles. The van der Waals surface area contributed by atoms with Gasteiger partial charge >= 0.3 is 6.09 Å². The third-order valence-corrected chi connectivity index (χ3v) is 12.1. The summed E-state index contributed by atoms with van der Waals surface area (Å²) >= 11 is 0. The molecule has 0 aromatic heterocycles. The maximum Gasteiger partial charge on any atom is 0.417 e. The summed E-state index contributed by atoms with van der Waals surface area (Å²) in [6.45, 7) is 5.38. The van der Waals surface area contributed by atoms with E-state index in [1.165, 1.54) is 134 Å². The van der Waals surface area contributed by atoms with Crippen molar-refractivity contribution in [2.24, 2.45) is 5.73 Å². The van der Waals surface area contributed by atoms with Crippen molar-refractivity contribution in [2.75, 3.05) is 13.2 Å². The van der Waals surface area contributed by atoms with Crippen LogP contribution < -0.4 is 5.73 Å². The van der Waals surface area contributed by atoms with E-state index in [2.05, 4.69) is 13.8 Å². The topological polar surface area (TPSA) is 163 Å². The van der Waals surface area contributed by atoms with Gasteiger partial charge in [0.2, 0.25) is 11.8 Å². The third-order valence-electron chi connectivity index (χ3n) is 12.1. The molecule has 1 aromatic carbocycles. The average molecular weight is 846 g/mol. The second kappa shape index (κ2) is 34.0. The monoisotopic (exact) mass is 846 g/mol. The lowest BCUT2D eigenvalue weighted by atomic mass is 9.93. The number of benzene rings is 1. The van der Waals surface area contributed by atoms with E-state index in [4.69, 9.17) is 15.2 Å². The van der Waals surface area contributed by atoms with Crippen LogP contribution in [0.5, 0.6) is 0 Å². The maximum absolute atomic E-state index is 14.2. The molecule has 0 bridgehead atoms. The molecule has 11 heteroatoms. The maximum atomic E-state index is 14.2. The molecule has 11 nitrogen and oxygen atoms in total. The van der Waals surface area contributed by atoms with Gasteiger partial charge < -0.3 is 35.4 Å². The Labute approximate surface area is 364 Å². The Morgan fingerprint density at radius 2 is 1.10 bits per heavy atom. The Balaban J connectivity index is 2.11. The van der Waals surface area contributed by atoms with Gasteiger partial charge in [0.1, 0.15) is 31.0 Å². The number of imide groups is 1. The number of carbonyl (C=O) groups excluding carboxylic acids is 3. The van der Waals surface area contributed by atoms with Crippen LogP contribution in [0.2, 0.25) is 0 Å². The van der Waals surface area contributed by atoms with E-state index in [9.17, 15) is 29.7 Å². The molecule has 0 unspecified atom stereocenters. The third kappa shape index (κ3) is 21.5. The minimum absolute atomic E-state index is 0.154. The normalized spacial score (nSPS) is 19.6. The first-order valence-corrected chi connectivity index (χ1v) is 24.4. The molecular weight excluding hydrogens is 759 g/mol. The second-order valence-corrected chi connectivity index (χ2v) is 17.4. The van der Waals surface area contributed by atoms with E-state index in [-0.39, 0.29) is 25.5 Å². The quantitative estimate of drug-likeness (QED) is 0.0487. The summed E-state index contributed by atoms with van der Waals surface area (Å²) in [7, 11) is 0. The standard InChI is InChI=1S/C49H87N3O8/c1-4-6-8-10-12-14-16-18-19-20-21-23-25-27-32-36-43(54)51(37-33-28-26-24-22-17-15-13-11-9-7-5-2)48-44(46(56)45(55)42(38-53)60-48)52(47(57)40(3)50)49(58)59-39-41-34-30-29-31-35-41/h29-31,34-35,40,42,44-46,48,53,55-56H,4-28,32-33,36-39,50H2,1-3H3/t40-,42-,44-,45-,46-,48-/m1/s1. The van der Waals surface area contributed by atoms with Gasteiger partial charge in [-0.25, -0.2) is 9.69 Å². The van der Waals surface area contributed by atoms with E-state index >= 15 is 0 Å². The van der Waals surface area contributed by atoms with Crippen molar-refractivity contribution in [3.63, 3.8) is 0 Å². The average Bonchev–Trinajstić information content (AvgIpc) is 3.25. The number of unbranched alkanes of at least 4 members (excludes halogenated alkanes) is 25. The molecule has 2 rings (SSSR count). The van der Waals surface area contributed by atoms with Crippen molar-refractivity contribution in [2.45, 2.75) is 244 Å². The van der Waals surface area contributed by atoms with Crippen LogP contribution in [0, 0.1) is 0 Å². The zero-order valence-electron chi connectivity index (χ0n) is 38.1. The van der Waals surface area contributed by atoms with Crippen molar-refractivity contribution in [3.8, 4) is 0 Å². The molecule has 1 aromatic rings. The number of carbonyl (C=O) groups is 3. The number of hydrogen-bond donors (Lipinski definition) is 4. The van der Waals surface area contributed by atoms with Crippen LogP contribution in [-0.2, 0) is 25.7 Å². The van der Waals surface area contributed by atoms with Crippen LogP contribution in [0.1, 0.15) is 206 Å². The van der Waals surface area contributed by atoms with Gasteiger partial charge in [0, 0.05) is 13.0 Å². The first-order chi connectivity index (χ1) is 29.2. The molecule has 0 spiro atoms. The molecule has 60 heavy (non-hydrogen) atoms. The van der Waals surface area contributed by atoms with Crippen LogP contribution in [0.4, 0.5) is 4.79 Å². The molecule has 1 fully saturated rings. The number of amides is 3. The summed E-state index contributed by atoms with van der Waals surface area (Å²) in [6, 6.07) is 6.27. The van der Waals surface area contributed by atoms with Gasteiger partial charge in [-0.15, -0.1) is 0 Å².